The molecule has 78 valence electrons. The first-order chi connectivity index (χ1) is 6.66. The Morgan fingerprint density at radius 1 is 0.929 bits per heavy atom. The Morgan fingerprint density at radius 3 is 1.86 bits per heavy atom. The van der Waals surface area contributed by atoms with E-state index in [1.54, 1.807) is 19.3 Å². The second kappa shape index (κ2) is 2.33. The molecule has 3 heterocycles. The van der Waals surface area contributed by atoms with Crippen LogP contribution in [0.5, 0.6) is 0 Å². The van der Waals surface area contributed by atoms with Gasteiger partial charge in [-0.3, -0.25) is 4.90 Å². The maximum absolute atomic E-state index is 2.71. The lowest BCUT2D eigenvalue weighted by Crippen LogP contribution is -2.87. The second-order valence-corrected chi connectivity index (χ2v) is 8.35. The number of halogens is 1. The van der Waals surface area contributed by atoms with Gasteiger partial charge in [0.2, 0.25) is 0 Å². The van der Waals surface area contributed by atoms with E-state index in [1.807, 2.05) is 0 Å². The summed E-state index contributed by atoms with van der Waals surface area (Å²) in [6.45, 7) is 8.55. The molecule has 6 aliphatic rings. The van der Waals surface area contributed by atoms with Crippen LogP contribution in [0.1, 0.15) is 19.3 Å². The highest BCUT2D eigenvalue weighted by Crippen LogP contribution is 2.71. The Bertz CT molecular complexity index is 260. The van der Waals surface area contributed by atoms with E-state index in [0.717, 1.165) is 8.96 Å². The minimum atomic E-state index is 0.763. The summed E-state index contributed by atoms with van der Waals surface area (Å²) in [5, 5.41) is 0. The van der Waals surface area contributed by atoms with E-state index in [0.29, 0.717) is 0 Å². The second-order valence-electron chi connectivity index (χ2n) is 6.06. The molecule has 0 amide bonds. The molecule has 6 fully saturated rings. The summed E-state index contributed by atoms with van der Waals surface area (Å²) >= 11 is 2.71. The zero-order valence-corrected chi connectivity index (χ0v) is 10.8. The molecule has 0 aromatic heterocycles. The van der Waals surface area contributed by atoms with Crippen LogP contribution < -0.4 is 0 Å². The molecule has 0 unspecified atom stereocenters. The van der Waals surface area contributed by atoms with Crippen LogP contribution in [0.3, 0.4) is 0 Å². The van der Waals surface area contributed by atoms with Crippen LogP contribution in [0, 0.1) is 0 Å². The molecule has 3 saturated heterocycles. The van der Waals surface area contributed by atoms with Gasteiger partial charge in [-0.15, -0.1) is 0 Å². The van der Waals surface area contributed by atoms with Crippen molar-refractivity contribution in [2.75, 3.05) is 39.3 Å². The third kappa shape index (κ3) is 0.824. The zero-order valence-electron chi connectivity index (χ0n) is 8.64. The van der Waals surface area contributed by atoms with E-state index in [9.17, 15) is 0 Å². The van der Waals surface area contributed by atoms with E-state index in [1.165, 1.54) is 43.8 Å². The predicted octanol–water partition coefficient (Wildman–Crippen LogP) is 1.24. The highest BCUT2D eigenvalue weighted by molar-refractivity contribution is 14.1. The molecule has 0 spiro atoms. The highest BCUT2D eigenvalue weighted by Gasteiger charge is 2.76. The van der Waals surface area contributed by atoms with Gasteiger partial charge < -0.3 is 4.48 Å². The molecule has 0 aromatic carbocycles. The van der Waals surface area contributed by atoms with E-state index in [-0.39, 0.29) is 0 Å². The summed E-state index contributed by atoms with van der Waals surface area (Å²) in [6.07, 6.45) is 4.63. The topological polar surface area (TPSA) is 3.24 Å². The molecule has 3 aliphatic carbocycles. The summed E-state index contributed by atoms with van der Waals surface area (Å²) in [5.41, 5.74) is 0.785. The van der Waals surface area contributed by atoms with Gasteiger partial charge in [0.25, 0.3) is 0 Å². The van der Waals surface area contributed by atoms with Crippen molar-refractivity contribution in [3.05, 3.63) is 0 Å². The number of rotatable bonds is 1. The Balaban J connectivity index is 1.64. The van der Waals surface area contributed by atoms with Crippen molar-refractivity contribution < 1.29 is 4.48 Å². The number of hydrogen-bond donors (Lipinski definition) is 0. The van der Waals surface area contributed by atoms with Crippen molar-refractivity contribution >= 4 is 22.6 Å². The molecule has 0 atom stereocenters. The van der Waals surface area contributed by atoms with Crippen LogP contribution in [-0.4, -0.2) is 57.6 Å². The number of piperazine rings is 3. The van der Waals surface area contributed by atoms with Crippen LogP contribution in [0.25, 0.3) is 0 Å². The van der Waals surface area contributed by atoms with Gasteiger partial charge in [-0.05, 0) is 0 Å². The number of alkyl halides is 1. The van der Waals surface area contributed by atoms with Gasteiger partial charge in [0.05, 0.1) is 19.6 Å². The maximum Gasteiger partial charge on any atom is 0.103 e. The van der Waals surface area contributed by atoms with Crippen LogP contribution in [0.2, 0.25) is 0 Å². The van der Waals surface area contributed by atoms with Crippen LogP contribution >= 0.6 is 22.6 Å². The van der Waals surface area contributed by atoms with E-state index in [2.05, 4.69) is 27.5 Å². The Morgan fingerprint density at radius 2 is 1.43 bits per heavy atom. The molecule has 2 nitrogen and oxygen atoms in total. The van der Waals surface area contributed by atoms with Crippen LogP contribution in [0.15, 0.2) is 0 Å². The standard InChI is InChI=1S/C11H18IN2/c12-10-7-11(8-10,9-10)14-4-1-13(2-5-14)3-6-14/h1-9H2/q+1. The summed E-state index contributed by atoms with van der Waals surface area (Å²) in [6, 6.07) is 0. The number of quaternary nitrogens is 1. The summed E-state index contributed by atoms with van der Waals surface area (Å²) in [5.74, 6) is 0. The highest BCUT2D eigenvalue weighted by atomic mass is 127. The molecule has 0 radical (unpaired) electrons. The van der Waals surface area contributed by atoms with Gasteiger partial charge in [-0.25, -0.2) is 0 Å². The quantitative estimate of drug-likeness (QED) is 0.400. The van der Waals surface area contributed by atoms with Gasteiger partial charge in [0.1, 0.15) is 5.54 Å². The number of hydrogen-bond acceptors (Lipinski definition) is 1. The third-order valence-electron chi connectivity index (χ3n) is 5.48. The third-order valence-corrected chi connectivity index (χ3v) is 6.62. The van der Waals surface area contributed by atoms with Crippen molar-refractivity contribution in [3.63, 3.8) is 0 Å². The number of fused-ring (bicyclic) bond motifs is 3. The van der Waals surface area contributed by atoms with Gasteiger partial charge in [0.15, 0.2) is 0 Å². The maximum atomic E-state index is 2.71. The van der Waals surface area contributed by atoms with E-state index >= 15 is 0 Å². The van der Waals surface area contributed by atoms with Crippen molar-refractivity contribution in [3.8, 4) is 0 Å². The fourth-order valence-electron chi connectivity index (χ4n) is 4.50. The fraction of sp³-hybridized carbons (Fsp3) is 1.00. The SMILES string of the molecule is IC12CC([N+]34CCN(CC3)CC4)(C1)C2. The van der Waals surface area contributed by atoms with E-state index in [4.69, 9.17) is 0 Å². The number of nitrogens with zero attached hydrogens (tertiary/aromatic N) is 2. The molecule has 0 aromatic rings. The Kier molecular flexibility index (Phi) is 1.46. The first kappa shape index (κ1) is 8.76. The average molecular weight is 305 g/mol. The first-order valence-electron chi connectivity index (χ1n) is 5.93. The molecular weight excluding hydrogens is 287 g/mol. The minimum absolute atomic E-state index is 0.763. The molecule has 0 N–H and O–H groups in total. The molecule has 3 saturated carbocycles. The van der Waals surface area contributed by atoms with Gasteiger partial charge in [0, 0.05) is 42.3 Å². The van der Waals surface area contributed by atoms with Crippen LogP contribution in [-0.2, 0) is 0 Å². The lowest BCUT2D eigenvalue weighted by molar-refractivity contribution is -1.00. The fourth-order valence-corrected chi connectivity index (χ4v) is 6.63. The largest absolute Gasteiger partial charge is 0.315 e. The Labute approximate surface area is 99.4 Å². The monoisotopic (exact) mass is 305 g/mol. The summed E-state index contributed by atoms with van der Waals surface area (Å²) < 4.78 is 2.29. The lowest BCUT2D eigenvalue weighted by Gasteiger charge is -2.76. The molecule has 3 aliphatic heterocycles. The minimum Gasteiger partial charge on any atom is -0.315 e. The molecule has 4 bridgehead atoms. The summed E-state index contributed by atoms with van der Waals surface area (Å²) in [7, 11) is 0. The van der Waals surface area contributed by atoms with Crippen molar-refractivity contribution in [1.82, 2.24) is 4.90 Å². The Hall–Kier alpha value is 0.650. The van der Waals surface area contributed by atoms with Crippen molar-refractivity contribution in [2.24, 2.45) is 0 Å². The normalized spacial score (nSPS) is 64.5. The average Bonchev–Trinajstić information content (AvgIpc) is 2.14. The predicted molar refractivity (Wildman–Crippen MR) is 64.6 cm³/mol. The lowest BCUT2D eigenvalue weighted by atomic mass is 9.47. The molecular formula is C11H18IN2+. The van der Waals surface area contributed by atoms with Crippen LogP contribution in [0.4, 0.5) is 0 Å². The molecule has 14 heavy (non-hydrogen) atoms. The van der Waals surface area contributed by atoms with Crippen molar-refractivity contribution in [2.45, 2.75) is 28.2 Å². The van der Waals surface area contributed by atoms with Gasteiger partial charge in [-0.2, -0.15) is 0 Å². The van der Waals surface area contributed by atoms with Gasteiger partial charge in [-0.1, -0.05) is 22.6 Å². The summed E-state index contributed by atoms with van der Waals surface area (Å²) in [4.78, 5) is 2.66. The van der Waals surface area contributed by atoms with Gasteiger partial charge >= 0.3 is 0 Å². The van der Waals surface area contributed by atoms with Crippen molar-refractivity contribution in [1.29, 1.82) is 0 Å². The zero-order chi connectivity index (χ0) is 9.44. The smallest absolute Gasteiger partial charge is 0.103 e. The molecule has 3 heteroatoms. The first-order valence-corrected chi connectivity index (χ1v) is 7.01. The van der Waals surface area contributed by atoms with E-state index < -0.39 is 0 Å². The molecule has 6 rings (SSSR count).